The first-order valence-corrected chi connectivity index (χ1v) is 8.07. The smallest absolute Gasteiger partial charge is 0.257 e. The number of hydrogen-bond acceptors (Lipinski definition) is 4. The van der Waals surface area contributed by atoms with Crippen molar-refractivity contribution >= 4 is 34.8 Å². The molecule has 1 N–H and O–H groups in total. The first kappa shape index (κ1) is 14.1. The lowest BCUT2D eigenvalue weighted by molar-refractivity contribution is -0.110. The lowest BCUT2D eigenvalue weighted by atomic mass is 10.1. The molecule has 0 unspecified atom stereocenters. The van der Waals surface area contributed by atoms with E-state index in [0.29, 0.717) is 0 Å². The zero-order valence-corrected chi connectivity index (χ0v) is 13.1. The molecule has 1 aromatic rings. The van der Waals surface area contributed by atoms with Crippen molar-refractivity contribution < 1.29 is 4.79 Å². The van der Waals surface area contributed by atoms with Crippen molar-refractivity contribution in [1.82, 2.24) is 4.31 Å². The number of carbonyl (C=O) groups excluding carboxylic acids is 1. The Kier molecular flexibility index (Phi) is 3.92. The number of nitrogens with zero attached hydrogens (tertiary/aromatic N) is 2. The fourth-order valence-corrected chi connectivity index (χ4v) is 3.30. The van der Waals surface area contributed by atoms with E-state index >= 15 is 0 Å². The normalized spacial score (nSPS) is 18.3. The third-order valence-electron chi connectivity index (χ3n) is 3.77. The van der Waals surface area contributed by atoms with E-state index in [4.69, 9.17) is 0 Å². The van der Waals surface area contributed by atoms with Gasteiger partial charge in [-0.3, -0.25) is 4.79 Å². The van der Waals surface area contributed by atoms with Gasteiger partial charge in [-0.25, -0.2) is 0 Å². The second-order valence-corrected chi connectivity index (χ2v) is 5.93. The Morgan fingerprint density at radius 2 is 2.19 bits per heavy atom. The van der Waals surface area contributed by atoms with Crippen molar-refractivity contribution in [2.75, 3.05) is 29.9 Å². The van der Waals surface area contributed by atoms with E-state index in [1.807, 2.05) is 17.7 Å². The zero-order chi connectivity index (χ0) is 14.8. The number of benzene rings is 1. The van der Waals surface area contributed by atoms with Gasteiger partial charge in [-0.05, 0) is 49.4 Å². The van der Waals surface area contributed by atoms with Crippen molar-refractivity contribution in [3.8, 4) is 0 Å². The quantitative estimate of drug-likeness (QED) is 0.684. The van der Waals surface area contributed by atoms with Gasteiger partial charge in [0.05, 0.1) is 11.3 Å². The van der Waals surface area contributed by atoms with Crippen LogP contribution in [0.4, 0.5) is 11.4 Å². The minimum Gasteiger partial charge on any atom is -0.372 e. The van der Waals surface area contributed by atoms with Gasteiger partial charge in [-0.2, -0.15) is 0 Å². The van der Waals surface area contributed by atoms with Crippen molar-refractivity contribution in [2.45, 2.75) is 13.8 Å². The average Bonchev–Trinajstić information content (AvgIpc) is 3.09. The molecule has 0 saturated heterocycles. The Bertz CT molecular complexity index is 612. The molecule has 110 valence electrons. The first-order valence-electron chi connectivity index (χ1n) is 7.24. The van der Waals surface area contributed by atoms with E-state index in [1.165, 1.54) is 0 Å². The third kappa shape index (κ3) is 2.65. The van der Waals surface area contributed by atoms with Crippen molar-refractivity contribution in [3.63, 3.8) is 0 Å². The molecule has 0 atom stereocenters. The molecule has 1 aromatic carbocycles. The third-order valence-corrected chi connectivity index (χ3v) is 4.61. The second kappa shape index (κ2) is 5.85. The van der Waals surface area contributed by atoms with E-state index < -0.39 is 0 Å². The van der Waals surface area contributed by atoms with Crippen LogP contribution in [-0.2, 0) is 4.79 Å². The number of amides is 1. The molecule has 2 aliphatic heterocycles. The van der Waals surface area contributed by atoms with Crippen LogP contribution in [0.5, 0.6) is 0 Å². The van der Waals surface area contributed by atoms with E-state index in [-0.39, 0.29) is 5.91 Å². The molecule has 2 heterocycles. The molecule has 0 aromatic heterocycles. The molecule has 1 amide bonds. The Hall–Kier alpha value is -1.88. The maximum Gasteiger partial charge on any atom is 0.257 e. The summed E-state index contributed by atoms with van der Waals surface area (Å²) >= 11 is 1.61. The molecule has 0 fully saturated rings. The van der Waals surface area contributed by atoms with Gasteiger partial charge in [-0.15, -0.1) is 0 Å². The lowest BCUT2D eigenvalue weighted by Gasteiger charge is -2.21. The van der Waals surface area contributed by atoms with E-state index in [1.54, 1.807) is 11.9 Å². The zero-order valence-electron chi connectivity index (χ0n) is 12.3. The van der Waals surface area contributed by atoms with Crippen LogP contribution < -0.4 is 10.2 Å². The Morgan fingerprint density at radius 1 is 1.38 bits per heavy atom. The van der Waals surface area contributed by atoms with Crippen molar-refractivity contribution in [3.05, 3.63) is 41.4 Å². The lowest BCUT2D eigenvalue weighted by Crippen LogP contribution is -2.21. The van der Waals surface area contributed by atoms with Crippen molar-refractivity contribution in [1.29, 1.82) is 0 Å². The van der Waals surface area contributed by atoms with Gasteiger partial charge >= 0.3 is 0 Å². The van der Waals surface area contributed by atoms with Gasteiger partial charge in [-0.1, -0.05) is 6.08 Å². The highest BCUT2D eigenvalue weighted by Gasteiger charge is 2.25. The van der Waals surface area contributed by atoms with Gasteiger partial charge in [0.1, 0.15) is 0 Å². The van der Waals surface area contributed by atoms with Crippen LogP contribution >= 0.6 is 11.9 Å². The van der Waals surface area contributed by atoms with Crippen LogP contribution in [0.15, 0.2) is 35.9 Å². The van der Waals surface area contributed by atoms with Gasteiger partial charge in [0.2, 0.25) is 0 Å². The largest absolute Gasteiger partial charge is 0.372 e. The standard InChI is InChI=1S/C16H19N3OS/c1-3-18(4-2)12-6-7-13-14(11-19-8-5-9-21-19)16(20)17-15(13)10-12/h5-7,9-11H,3-4,8H2,1-2H3,(H,17,20)/b14-11-. The summed E-state index contributed by atoms with van der Waals surface area (Å²) in [7, 11) is 0. The van der Waals surface area contributed by atoms with Crippen LogP contribution in [0.1, 0.15) is 19.4 Å². The van der Waals surface area contributed by atoms with Crippen LogP contribution in [0, 0.1) is 0 Å². The first-order chi connectivity index (χ1) is 10.2. The number of carbonyl (C=O) groups is 1. The molecule has 0 saturated carbocycles. The maximum absolute atomic E-state index is 12.2. The fourth-order valence-electron chi connectivity index (χ4n) is 2.63. The maximum atomic E-state index is 12.2. The number of hydrogen-bond donors (Lipinski definition) is 1. The van der Waals surface area contributed by atoms with Gasteiger partial charge in [0, 0.05) is 37.1 Å². The molecule has 0 radical (unpaired) electrons. The van der Waals surface area contributed by atoms with Crippen LogP contribution in [0.2, 0.25) is 0 Å². The highest BCUT2D eigenvalue weighted by molar-refractivity contribution is 8.00. The molecule has 0 bridgehead atoms. The minimum absolute atomic E-state index is 0.0193. The monoisotopic (exact) mass is 301 g/mol. The summed E-state index contributed by atoms with van der Waals surface area (Å²) in [5.74, 6) is -0.0193. The number of nitrogens with one attached hydrogen (secondary N) is 1. The number of rotatable bonds is 4. The van der Waals surface area contributed by atoms with E-state index in [9.17, 15) is 4.79 Å². The summed E-state index contributed by atoms with van der Waals surface area (Å²) < 4.78 is 2.06. The second-order valence-electron chi connectivity index (χ2n) is 4.98. The molecule has 4 nitrogen and oxygen atoms in total. The highest BCUT2D eigenvalue weighted by Crippen LogP contribution is 2.36. The van der Waals surface area contributed by atoms with Gasteiger partial charge in [0.15, 0.2) is 0 Å². The summed E-state index contributed by atoms with van der Waals surface area (Å²) in [5, 5.41) is 5.01. The SMILES string of the molecule is CCN(CC)c1ccc2c(c1)NC(=O)/C2=C\N1CC=CS1. The number of fused-ring (bicyclic) bond motifs is 1. The predicted octanol–water partition coefficient (Wildman–Crippen LogP) is 3.30. The molecule has 0 aliphatic carbocycles. The molecule has 3 rings (SSSR count). The molecular formula is C16H19N3OS. The fraction of sp³-hybridized carbons (Fsp3) is 0.312. The highest BCUT2D eigenvalue weighted by atomic mass is 32.2. The van der Waals surface area contributed by atoms with Crippen LogP contribution in [-0.4, -0.2) is 29.8 Å². The molecular weight excluding hydrogens is 282 g/mol. The molecule has 2 aliphatic rings. The summed E-state index contributed by atoms with van der Waals surface area (Å²) in [6.45, 7) is 7.04. The van der Waals surface area contributed by atoms with Crippen LogP contribution in [0.3, 0.4) is 0 Å². The van der Waals surface area contributed by atoms with Crippen LogP contribution in [0.25, 0.3) is 5.57 Å². The number of anilines is 2. The summed E-state index contributed by atoms with van der Waals surface area (Å²) in [4.78, 5) is 14.5. The topological polar surface area (TPSA) is 35.6 Å². The predicted molar refractivity (Wildman–Crippen MR) is 90.0 cm³/mol. The van der Waals surface area contributed by atoms with E-state index in [0.717, 1.165) is 42.1 Å². The molecule has 21 heavy (non-hydrogen) atoms. The summed E-state index contributed by atoms with van der Waals surface area (Å²) in [6.07, 6.45) is 4.02. The molecule has 5 heteroatoms. The van der Waals surface area contributed by atoms with Gasteiger partial charge in [0.25, 0.3) is 5.91 Å². The Balaban J connectivity index is 1.91. The Morgan fingerprint density at radius 3 is 2.86 bits per heavy atom. The Labute approximate surface area is 129 Å². The average molecular weight is 301 g/mol. The van der Waals surface area contributed by atoms with Gasteiger partial charge < -0.3 is 14.5 Å². The van der Waals surface area contributed by atoms with Crippen molar-refractivity contribution in [2.24, 2.45) is 0 Å². The minimum atomic E-state index is -0.0193. The van der Waals surface area contributed by atoms with E-state index in [2.05, 4.69) is 46.6 Å². The summed E-state index contributed by atoms with van der Waals surface area (Å²) in [6, 6.07) is 6.20. The summed E-state index contributed by atoms with van der Waals surface area (Å²) in [5.41, 5.74) is 3.79. The molecule has 0 spiro atoms.